The quantitative estimate of drug-likeness (QED) is 0.909. The summed E-state index contributed by atoms with van der Waals surface area (Å²) in [5.41, 5.74) is 3.40. The van der Waals surface area contributed by atoms with Gasteiger partial charge in [-0.15, -0.1) is 0 Å². The zero-order chi connectivity index (χ0) is 14.7. The summed E-state index contributed by atoms with van der Waals surface area (Å²) in [5, 5.41) is 6.20. The molecule has 0 spiro atoms. The Bertz CT molecular complexity index is 670. The van der Waals surface area contributed by atoms with E-state index in [1.165, 1.54) is 7.11 Å². The molecule has 5 nitrogen and oxygen atoms in total. The van der Waals surface area contributed by atoms with Gasteiger partial charge in [0.15, 0.2) is 0 Å². The lowest BCUT2D eigenvalue weighted by atomic mass is 9.97. The molecule has 1 aromatic carbocycles. The fourth-order valence-corrected chi connectivity index (χ4v) is 2.56. The number of hydrogen-bond acceptors (Lipinski definition) is 4. The van der Waals surface area contributed by atoms with Crippen molar-refractivity contribution in [3.8, 4) is 5.88 Å². The van der Waals surface area contributed by atoms with Gasteiger partial charge in [-0.2, -0.15) is 0 Å². The van der Waals surface area contributed by atoms with E-state index in [0.29, 0.717) is 17.1 Å². The molecule has 0 unspecified atom stereocenters. The Balaban J connectivity index is 1.89. The molecule has 2 heterocycles. The number of methoxy groups -OCH3 is 1. The molecule has 3 rings (SSSR count). The van der Waals surface area contributed by atoms with Gasteiger partial charge in [0.1, 0.15) is 5.69 Å². The van der Waals surface area contributed by atoms with E-state index in [9.17, 15) is 4.79 Å². The number of rotatable bonds is 3. The van der Waals surface area contributed by atoms with Gasteiger partial charge in [-0.3, -0.25) is 4.79 Å². The second-order valence-corrected chi connectivity index (χ2v) is 4.88. The topological polar surface area (TPSA) is 63.2 Å². The molecule has 0 fully saturated rings. The van der Waals surface area contributed by atoms with Gasteiger partial charge < -0.3 is 15.4 Å². The molecule has 1 aromatic heterocycles. The molecule has 0 bridgehead atoms. The number of ether oxygens (including phenoxy) is 1. The molecule has 5 heteroatoms. The van der Waals surface area contributed by atoms with Gasteiger partial charge in [0.2, 0.25) is 5.88 Å². The van der Waals surface area contributed by atoms with Crippen molar-refractivity contribution in [2.75, 3.05) is 24.3 Å². The summed E-state index contributed by atoms with van der Waals surface area (Å²) in [6, 6.07) is 9.30. The van der Waals surface area contributed by atoms with E-state index in [2.05, 4.69) is 15.6 Å². The normalized spacial score (nSPS) is 13.0. The van der Waals surface area contributed by atoms with Crippen LogP contribution in [0, 0.1) is 0 Å². The van der Waals surface area contributed by atoms with Crippen molar-refractivity contribution < 1.29 is 9.53 Å². The van der Waals surface area contributed by atoms with Gasteiger partial charge >= 0.3 is 0 Å². The molecule has 1 aliphatic rings. The second-order valence-electron chi connectivity index (χ2n) is 4.88. The fraction of sp³-hybridized carbons (Fsp3) is 0.250. The molecular weight excluding hydrogens is 266 g/mol. The molecule has 0 radical (unpaired) electrons. The molecule has 1 aliphatic heterocycles. The second kappa shape index (κ2) is 5.83. The number of amides is 1. The van der Waals surface area contributed by atoms with Crippen LogP contribution in [0.1, 0.15) is 22.3 Å². The lowest BCUT2D eigenvalue weighted by Gasteiger charge is -2.20. The minimum Gasteiger partial charge on any atom is -0.480 e. The molecule has 2 aromatic rings. The van der Waals surface area contributed by atoms with Gasteiger partial charge in [0.05, 0.1) is 7.11 Å². The number of nitrogens with zero attached hydrogens (tertiary/aromatic N) is 1. The van der Waals surface area contributed by atoms with E-state index in [1.807, 2.05) is 18.2 Å². The molecule has 0 atom stereocenters. The highest BCUT2D eigenvalue weighted by atomic mass is 16.5. The SMILES string of the molecule is COc1ncccc1NC(=O)c1cccc2c1CCCN2. The summed E-state index contributed by atoms with van der Waals surface area (Å²) in [4.78, 5) is 16.6. The first kappa shape index (κ1) is 13.4. The number of fused-ring (bicyclic) bond motifs is 1. The maximum atomic E-state index is 12.5. The molecule has 0 saturated heterocycles. The van der Waals surface area contributed by atoms with E-state index in [-0.39, 0.29) is 5.91 Å². The Kier molecular flexibility index (Phi) is 3.73. The minimum atomic E-state index is -0.137. The zero-order valence-electron chi connectivity index (χ0n) is 11.8. The average Bonchev–Trinajstić information content (AvgIpc) is 2.54. The standard InChI is InChI=1S/C16H17N3O2/c1-21-16-14(8-4-10-18-16)19-15(20)12-5-2-7-13-11(12)6-3-9-17-13/h2,4-5,7-8,10,17H,3,6,9H2,1H3,(H,19,20). The number of carbonyl (C=O) groups is 1. The molecule has 0 saturated carbocycles. The zero-order valence-corrected chi connectivity index (χ0v) is 11.8. The van der Waals surface area contributed by atoms with E-state index in [0.717, 1.165) is 30.6 Å². The van der Waals surface area contributed by atoms with E-state index in [4.69, 9.17) is 4.74 Å². The van der Waals surface area contributed by atoms with Crippen molar-refractivity contribution in [1.29, 1.82) is 0 Å². The predicted molar refractivity (Wildman–Crippen MR) is 82.0 cm³/mol. The van der Waals surface area contributed by atoms with Crippen molar-refractivity contribution in [2.45, 2.75) is 12.8 Å². The highest BCUT2D eigenvalue weighted by Gasteiger charge is 2.18. The summed E-state index contributed by atoms with van der Waals surface area (Å²) in [5.74, 6) is 0.274. The number of nitrogens with one attached hydrogen (secondary N) is 2. The Hall–Kier alpha value is -2.56. The Labute approximate surface area is 123 Å². The number of hydrogen-bond donors (Lipinski definition) is 2. The summed E-state index contributed by atoms with van der Waals surface area (Å²) in [6.07, 6.45) is 3.58. The molecule has 21 heavy (non-hydrogen) atoms. The van der Waals surface area contributed by atoms with Crippen molar-refractivity contribution >= 4 is 17.3 Å². The number of aromatic nitrogens is 1. The van der Waals surface area contributed by atoms with Crippen LogP contribution in [0.25, 0.3) is 0 Å². The summed E-state index contributed by atoms with van der Waals surface area (Å²) in [7, 11) is 1.53. The van der Waals surface area contributed by atoms with Crippen LogP contribution in [0.4, 0.5) is 11.4 Å². The number of carbonyl (C=O) groups excluding carboxylic acids is 1. The highest BCUT2D eigenvalue weighted by molar-refractivity contribution is 6.06. The maximum absolute atomic E-state index is 12.5. The summed E-state index contributed by atoms with van der Waals surface area (Å²) >= 11 is 0. The molecule has 108 valence electrons. The third kappa shape index (κ3) is 2.67. The van der Waals surface area contributed by atoms with Gasteiger partial charge in [-0.25, -0.2) is 4.98 Å². The monoisotopic (exact) mass is 283 g/mol. The fourth-order valence-electron chi connectivity index (χ4n) is 2.56. The van der Waals surface area contributed by atoms with E-state index >= 15 is 0 Å². The molecule has 2 N–H and O–H groups in total. The van der Waals surface area contributed by atoms with Gasteiger partial charge in [-0.1, -0.05) is 6.07 Å². The van der Waals surface area contributed by atoms with Crippen LogP contribution in [-0.2, 0) is 6.42 Å². The molecule has 1 amide bonds. The van der Waals surface area contributed by atoms with E-state index < -0.39 is 0 Å². The average molecular weight is 283 g/mol. The number of pyridine rings is 1. The van der Waals surface area contributed by atoms with Gasteiger partial charge in [0, 0.05) is 24.0 Å². The van der Waals surface area contributed by atoms with Gasteiger partial charge in [-0.05, 0) is 42.7 Å². The van der Waals surface area contributed by atoms with E-state index in [1.54, 1.807) is 18.3 Å². The third-order valence-corrected chi connectivity index (χ3v) is 3.55. The first-order valence-electron chi connectivity index (χ1n) is 6.95. The maximum Gasteiger partial charge on any atom is 0.256 e. The number of benzene rings is 1. The van der Waals surface area contributed by atoms with Crippen LogP contribution in [0.3, 0.4) is 0 Å². The predicted octanol–water partition coefficient (Wildman–Crippen LogP) is 2.70. The largest absolute Gasteiger partial charge is 0.480 e. The van der Waals surface area contributed by atoms with Crippen LogP contribution < -0.4 is 15.4 Å². The molecule has 0 aliphatic carbocycles. The smallest absolute Gasteiger partial charge is 0.256 e. The first-order chi connectivity index (χ1) is 10.3. The lowest BCUT2D eigenvalue weighted by Crippen LogP contribution is -2.19. The molecular formula is C16H17N3O2. The lowest BCUT2D eigenvalue weighted by molar-refractivity contribution is 0.102. The van der Waals surface area contributed by atoms with Crippen LogP contribution in [0.2, 0.25) is 0 Å². The summed E-state index contributed by atoms with van der Waals surface area (Å²) < 4.78 is 5.16. The Morgan fingerprint density at radius 1 is 1.33 bits per heavy atom. The van der Waals surface area contributed by atoms with Crippen LogP contribution in [0.15, 0.2) is 36.5 Å². The highest BCUT2D eigenvalue weighted by Crippen LogP contribution is 2.27. The third-order valence-electron chi connectivity index (χ3n) is 3.55. The van der Waals surface area contributed by atoms with Gasteiger partial charge in [0.25, 0.3) is 5.91 Å². The van der Waals surface area contributed by atoms with Crippen molar-refractivity contribution in [1.82, 2.24) is 4.98 Å². The van der Waals surface area contributed by atoms with Crippen molar-refractivity contribution in [2.24, 2.45) is 0 Å². The van der Waals surface area contributed by atoms with Crippen molar-refractivity contribution in [3.63, 3.8) is 0 Å². The minimum absolute atomic E-state index is 0.137. The van der Waals surface area contributed by atoms with Crippen LogP contribution in [-0.4, -0.2) is 24.5 Å². The summed E-state index contributed by atoms with van der Waals surface area (Å²) in [6.45, 7) is 0.953. The number of anilines is 2. The van der Waals surface area contributed by atoms with Crippen LogP contribution in [0.5, 0.6) is 5.88 Å². The Morgan fingerprint density at radius 2 is 2.24 bits per heavy atom. The van der Waals surface area contributed by atoms with Crippen LogP contribution >= 0.6 is 0 Å². The van der Waals surface area contributed by atoms with Crippen molar-refractivity contribution in [3.05, 3.63) is 47.7 Å². The Morgan fingerprint density at radius 3 is 3.10 bits per heavy atom. The first-order valence-corrected chi connectivity index (χ1v) is 6.95.